The van der Waals surface area contributed by atoms with E-state index < -0.39 is 0 Å². The molecule has 0 fully saturated rings. The van der Waals surface area contributed by atoms with Gasteiger partial charge < -0.3 is 25.3 Å². The first kappa shape index (κ1) is 19.6. The average Bonchev–Trinajstić information content (AvgIpc) is 2.68. The van der Waals surface area contributed by atoms with E-state index in [4.69, 9.17) is 19.9 Å². The van der Waals surface area contributed by atoms with Crippen LogP contribution in [0.2, 0.25) is 0 Å². The van der Waals surface area contributed by atoms with Crippen LogP contribution in [0, 0.1) is 0 Å². The second-order valence-corrected chi connectivity index (χ2v) is 6.37. The monoisotopic (exact) mass is 481 g/mol. The molecule has 0 bridgehead atoms. The van der Waals surface area contributed by atoms with Crippen LogP contribution >= 0.6 is 24.0 Å². The zero-order valence-corrected chi connectivity index (χ0v) is 17.3. The van der Waals surface area contributed by atoms with Gasteiger partial charge in [-0.25, -0.2) is 0 Å². The Morgan fingerprint density at radius 2 is 1.78 bits per heavy atom. The number of nitrogens with two attached hydrogens (primary N) is 1. The van der Waals surface area contributed by atoms with Crippen LogP contribution in [0.1, 0.15) is 23.6 Å². The van der Waals surface area contributed by atoms with Crippen LogP contribution in [0.5, 0.6) is 17.2 Å². The fourth-order valence-electron chi connectivity index (χ4n) is 3.26. The van der Waals surface area contributed by atoms with Gasteiger partial charge >= 0.3 is 0 Å². The minimum atomic E-state index is 0. The van der Waals surface area contributed by atoms with Crippen molar-refractivity contribution in [1.29, 1.82) is 0 Å². The largest absolute Gasteiger partial charge is 0.493 e. The number of halogens is 1. The van der Waals surface area contributed by atoms with E-state index in [9.17, 15) is 0 Å². The van der Waals surface area contributed by atoms with Crippen LogP contribution < -0.4 is 25.3 Å². The average molecular weight is 481 g/mol. The molecular weight excluding hydrogens is 457 g/mol. The van der Waals surface area contributed by atoms with Crippen molar-refractivity contribution < 1.29 is 14.2 Å². The Bertz CT molecular complexity index is 813. The van der Waals surface area contributed by atoms with E-state index in [1.54, 1.807) is 0 Å². The van der Waals surface area contributed by atoms with Crippen molar-refractivity contribution in [3.05, 3.63) is 53.6 Å². The molecule has 0 spiro atoms. The molecule has 0 radical (unpaired) electrons. The highest BCUT2D eigenvalue weighted by Gasteiger charge is 2.21. The van der Waals surface area contributed by atoms with Gasteiger partial charge in [0.2, 0.25) is 0 Å². The standard InChI is InChI=1S/C20H23N3O3.HI/c21-20(23-16-8-10-24-17-4-2-1-3-15(16)17)22-9-7-14-5-6-18-19(13-14)26-12-11-25-18;/h1-6,13,16H,7-12H2,(H3,21,22,23);1H. The molecule has 2 aliphatic rings. The van der Waals surface area contributed by atoms with Crippen LogP contribution in [-0.2, 0) is 6.42 Å². The van der Waals surface area contributed by atoms with Crippen molar-refractivity contribution in [2.45, 2.75) is 18.9 Å². The summed E-state index contributed by atoms with van der Waals surface area (Å²) in [5.41, 5.74) is 8.37. The van der Waals surface area contributed by atoms with Gasteiger partial charge in [-0.1, -0.05) is 24.3 Å². The minimum Gasteiger partial charge on any atom is -0.493 e. The molecule has 144 valence electrons. The lowest BCUT2D eigenvalue weighted by atomic mass is 10.0. The molecule has 0 amide bonds. The number of hydrogen-bond donors (Lipinski definition) is 2. The Labute approximate surface area is 176 Å². The van der Waals surface area contributed by atoms with Crippen molar-refractivity contribution in [1.82, 2.24) is 5.32 Å². The normalized spacial score (nSPS) is 17.9. The van der Waals surface area contributed by atoms with E-state index in [2.05, 4.69) is 16.4 Å². The summed E-state index contributed by atoms with van der Waals surface area (Å²) < 4.78 is 16.8. The van der Waals surface area contributed by atoms with Crippen LogP contribution in [0.4, 0.5) is 0 Å². The predicted molar refractivity (Wildman–Crippen MR) is 115 cm³/mol. The van der Waals surface area contributed by atoms with Crippen LogP contribution in [0.3, 0.4) is 0 Å². The summed E-state index contributed by atoms with van der Waals surface area (Å²) >= 11 is 0. The molecule has 1 unspecified atom stereocenters. The number of aliphatic imine (C=N–C) groups is 1. The Morgan fingerprint density at radius 3 is 2.67 bits per heavy atom. The molecule has 4 rings (SSSR count). The number of fused-ring (bicyclic) bond motifs is 2. The maximum absolute atomic E-state index is 6.09. The number of para-hydroxylation sites is 1. The second-order valence-electron chi connectivity index (χ2n) is 6.37. The van der Waals surface area contributed by atoms with Gasteiger partial charge in [-0.3, -0.25) is 4.99 Å². The van der Waals surface area contributed by atoms with Gasteiger partial charge in [0.05, 0.1) is 12.6 Å². The summed E-state index contributed by atoms with van der Waals surface area (Å²) in [6.07, 6.45) is 1.67. The number of hydrogen-bond acceptors (Lipinski definition) is 4. The summed E-state index contributed by atoms with van der Waals surface area (Å²) in [4.78, 5) is 4.47. The van der Waals surface area contributed by atoms with E-state index in [0.717, 1.165) is 41.2 Å². The van der Waals surface area contributed by atoms with Gasteiger partial charge in [0.15, 0.2) is 17.5 Å². The van der Waals surface area contributed by atoms with Gasteiger partial charge in [-0.2, -0.15) is 0 Å². The lowest BCUT2D eigenvalue weighted by Gasteiger charge is -2.26. The fourth-order valence-corrected chi connectivity index (χ4v) is 3.26. The summed E-state index contributed by atoms with van der Waals surface area (Å²) in [7, 11) is 0. The van der Waals surface area contributed by atoms with Gasteiger partial charge in [0.25, 0.3) is 0 Å². The third-order valence-corrected chi connectivity index (χ3v) is 4.57. The number of guanidine groups is 1. The van der Waals surface area contributed by atoms with Gasteiger partial charge in [-0.15, -0.1) is 24.0 Å². The molecule has 1 atom stereocenters. The van der Waals surface area contributed by atoms with E-state index in [1.807, 2.05) is 36.4 Å². The SMILES string of the molecule is I.NC(=NCCc1ccc2c(c1)OCCO2)NC1CCOc2ccccc21. The molecule has 2 aliphatic heterocycles. The van der Waals surface area contributed by atoms with Crippen molar-refractivity contribution in [3.8, 4) is 17.2 Å². The van der Waals surface area contributed by atoms with E-state index in [1.165, 1.54) is 0 Å². The van der Waals surface area contributed by atoms with Crippen molar-refractivity contribution in [2.24, 2.45) is 10.7 Å². The van der Waals surface area contributed by atoms with Gasteiger partial charge in [0.1, 0.15) is 19.0 Å². The molecular formula is C20H24IN3O3. The maximum Gasteiger partial charge on any atom is 0.189 e. The molecule has 27 heavy (non-hydrogen) atoms. The molecule has 2 heterocycles. The Hall–Kier alpha value is -2.16. The Morgan fingerprint density at radius 1 is 1.00 bits per heavy atom. The van der Waals surface area contributed by atoms with Gasteiger partial charge in [0, 0.05) is 18.5 Å². The molecule has 0 saturated carbocycles. The first-order chi connectivity index (χ1) is 12.8. The fraction of sp³-hybridized carbons (Fsp3) is 0.350. The summed E-state index contributed by atoms with van der Waals surface area (Å²) in [6.45, 7) is 2.49. The second kappa shape index (κ2) is 9.16. The molecule has 6 nitrogen and oxygen atoms in total. The number of nitrogens with one attached hydrogen (secondary N) is 1. The third kappa shape index (κ3) is 4.77. The number of rotatable bonds is 4. The van der Waals surface area contributed by atoms with Crippen LogP contribution in [0.25, 0.3) is 0 Å². The van der Waals surface area contributed by atoms with E-state index in [-0.39, 0.29) is 30.0 Å². The molecule has 0 aliphatic carbocycles. The number of nitrogens with zero attached hydrogens (tertiary/aromatic N) is 1. The highest BCUT2D eigenvalue weighted by molar-refractivity contribution is 14.0. The van der Waals surface area contributed by atoms with Crippen molar-refractivity contribution >= 4 is 29.9 Å². The highest BCUT2D eigenvalue weighted by atomic mass is 127. The smallest absolute Gasteiger partial charge is 0.189 e. The zero-order valence-electron chi connectivity index (χ0n) is 15.0. The molecule has 3 N–H and O–H groups in total. The highest BCUT2D eigenvalue weighted by Crippen LogP contribution is 2.32. The topological polar surface area (TPSA) is 78.1 Å². The summed E-state index contributed by atoms with van der Waals surface area (Å²) in [5.74, 6) is 3.00. The minimum absolute atomic E-state index is 0. The molecule has 0 saturated heterocycles. The first-order valence-electron chi connectivity index (χ1n) is 8.96. The number of ether oxygens (including phenoxy) is 3. The van der Waals surface area contributed by atoms with Crippen molar-refractivity contribution in [2.75, 3.05) is 26.4 Å². The zero-order chi connectivity index (χ0) is 17.8. The quantitative estimate of drug-likeness (QED) is 0.399. The van der Waals surface area contributed by atoms with Crippen LogP contribution in [-0.4, -0.2) is 32.3 Å². The Balaban J connectivity index is 0.00000210. The van der Waals surface area contributed by atoms with E-state index in [0.29, 0.717) is 32.3 Å². The number of benzene rings is 2. The summed E-state index contributed by atoms with van der Waals surface area (Å²) in [6, 6.07) is 14.2. The first-order valence-corrected chi connectivity index (χ1v) is 8.96. The maximum atomic E-state index is 6.09. The third-order valence-electron chi connectivity index (χ3n) is 4.57. The van der Waals surface area contributed by atoms with Crippen molar-refractivity contribution in [3.63, 3.8) is 0 Å². The molecule has 7 heteroatoms. The molecule has 0 aromatic heterocycles. The summed E-state index contributed by atoms with van der Waals surface area (Å²) in [5, 5.41) is 3.31. The molecule has 2 aromatic rings. The Kier molecular flexibility index (Phi) is 6.65. The lowest BCUT2D eigenvalue weighted by molar-refractivity contribution is 0.171. The van der Waals surface area contributed by atoms with Crippen LogP contribution in [0.15, 0.2) is 47.5 Å². The van der Waals surface area contributed by atoms with E-state index >= 15 is 0 Å². The van der Waals surface area contributed by atoms with Gasteiger partial charge in [-0.05, 0) is 30.2 Å². The molecule has 2 aromatic carbocycles. The lowest BCUT2D eigenvalue weighted by Crippen LogP contribution is -2.37. The predicted octanol–water partition coefficient (Wildman–Crippen LogP) is 3.05.